The predicted molar refractivity (Wildman–Crippen MR) is 104 cm³/mol. The monoisotopic (exact) mass is 381 g/mol. The second kappa shape index (κ2) is 7.54. The van der Waals surface area contributed by atoms with E-state index in [4.69, 9.17) is 0 Å². The van der Waals surface area contributed by atoms with E-state index < -0.39 is 0 Å². The van der Waals surface area contributed by atoms with Crippen LogP contribution in [0.5, 0.6) is 0 Å². The van der Waals surface area contributed by atoms with Gasteiger partial charge in [-0.3, -0.25) is 4.79 Å². The molecule has 0 atom stereocenters. The minimum atomic E-state index is -0.378. The first kappa shape index (κ1) is 18.3. The Morgan fingerprint density at radius 1 is 1.11 bits per heavy atom. The van der Waals surface area contributed by atoms with E-state index in [2.05, 4.69) is 10.3 Å². The number of imidazole rings is 1. The zero-order valence-corrected chi connectivity index (χ0v) is 15.6. The van der Waals surface area contributed by atoms with Gasteiger partial charge in [-0.05, 0) is 56.0 Å². The summed E-state index contributed by atoms with van der Waals surface area (Å²) >= 11 is 0. The van der Waals surface area contributed by atoms with Crippen LogP contribution in [0.2, 0.25) is 0 Å². The minimum Gasteiger partial charge on any atom is -0.327 e. The van der Waals surface area contributed by atoms with E-state index in [9.17, 15) is 13.6 Å². The first-order valence-corrected chi connectivity index (χ1v) is 9.46. The molecule has 3 aromatic rings. The van der Waals surface area contributed by atoms with Gasteiger partial charge >= 0.3 is 0 Å². The third kappa shape index (κ3) is 3.54. The summed E-state index contributed by atoms with van der Waals surface area (Å²) in [4.78, 5) is 17.5. The summed E-state index contributed by atoms with van der Waals surface area (Å²) in [5, 5.41) is 2.74. The molecule has 0 bridgehead atoms. The van der Waals surface area contributed by atoms with Crippen LogP contribution in [0.3, 0.4) is 0 Å². The largest absolute Gasteiger partial charge is 0.327 e. The molecule has 4 rings (SSSR count). The van der Waals surface area contributed by atoms with Crippen molar-refractivity contribution in [1.29, 1.82) is 0 Å². The van der Waals surface area contributed by atoms with E-state index >= 15 is 0 Å². The molecule has 144 valence electrons. The molecule has 28 heavy (non-hydrogen) atoms. The molecule has 6 heteroatoms. The number of carbonyl (C=O) groups is 1. The second-order valence-corrected chi connectivity index (χ2v) is 7.12. The highest BCUT2D eigenvalue weighted by molar-refractivity contribution is 6.04. The van der Waals surface area contributed by atoms with E-state index in [-0.39, 0.29) is 17.5 Å². The maximum absolute atomic E-state index is 13.8. The zero-order valence-electron chi connectivity index (χ0n) is 15.6. The molecular weight excluding hydrogens is 360 g/mol. The quantitative estimate of drug-likeness (QED) is 0.685. The lowest BCUT2D eigenvalue weighted by Gasteiger charge is -2.09. The molecule has 0 radical (unpaired) electrons. The highest BCUT2D eigenvalue weighted by Crippen LogP contribution is 2.28. The first-order valence-electron chi connectivity index (χ1n) is 9.46. The van der Waals surface area contributed by atoms with Crippen LogP contribution in [-0.2, 0) is 13.0 Å². The minimum absolute atomic E-state index is 0.321. The van der Waals surface area contributed by atoms with Crippen molar-refractivity contribution in [1.82, 2.24) is 9.55 Å². The number of fused-ring (bicyclic) bond motifs is 1. The van der Waals surface area contributed by atoms with Crippen LogP contribution in [0, 0.1) is 18.6 Å². The van der Waals surface area contributed by atoms with Gasteiger partial charge in [0, 0.05) is 17.8 Å². The third-order valence-corrected chi connectivity index (χ3v) is 5.10. The number of aromatic nitrogens is 2. The van der Waals surface area contributed by atoms with Crippen molar-refractivity contribution < 1.29 is 13.6 Å². The fourth-order valence-electron chi connectivity index (χ4n) is 3.61. The van der Waals surface area contributed by atoms with Gasteiger partial charge < -0.3 is 9.88 Å². The van der Waals surface area contributed by atoms with Crippen LogP contribution in [0.4, 0.5) is 14.5 Å². The molecule has 1 N–H and O–H groups in total. The number of aryl methyl sites for hydroxylation is 1. The average molecular weight is 381 g/mol. The van der Waals surface area contributed by atoms with Crippen molar-refractivity contribution in [3.05, 3.63) is 71.1 Å². The van der Waals surface area contributed by atoms with Gasteiger partial charge in [0.2, 0.25) is 0 Å². The molecule has 2 heterocycles. The molecule has 0 fully saturated rings. The zero-order chi connectivity index (χ0) is 19.7. The summed E-state index contributed by atoms with van der Waals surface area (Å²) in [6, 6.07) is 10.8. The Labute approximate surface area is 162 Å². The molecule has 4 nitrogen and oxygen atoms in total. The van der Waals surface area contributed by atoms with Crippen molar-refractivity contribution >= 4 is 11.6 Å². The molecule has 1 aliphatic heterocycles. The number of rotatable bonds is 3. The lowest BCUT2D eigenvalue weighted by atomic mass is 10.1. The Morgan fingerprint density at radius 2 is 1.96 bits per heavy atom. The molecule has 0 saturated heterocycles. The number of halogens is 2. The fourth-order valence-corrected chi connectivity index (χ4v) is 3.61. The average Bonchev–Trinajstić information content (AvgIpc) is 2.86. The summed E-state index contributed by atoms with van der Waals surface area (Å²) in [7, 11) is 0. The Bertz CT molecular complexity index is 1040. The Balaban J connectivity index is 1.74. The number of hydrogen-bond acceptors (Lipinski definition) is 2. The summed E-state index contributed by atoms with van der Waals surface area (Å²) in [5.74, 6) is -0.500. The van der Waals surface area contributed by atoms with Gasteiger partial charge in [-0.15, -0.1) is 0 Å². The van der Waals surface area contributed by atoms with Crippen LogP contribution in [0.25, 0.3) is 11.4 Å². The Hall–Kier alpha value is -3.02. The molecule has 0 spiro atoms. The summed E-state index contributed by atoms with van der Waals surface area (Å²) in [6.07, 6.45) is 3.74. The van der Waals surface area contributed by atoms with Crippen molar-refractivity contribution in [2.45, 2.75) is 39.2 Å². The second-order valence-electron chi connectivity index (χ2n) is 7.12. The van der Waals surface area contributed by atoms with Crippen molar-refractivity contribution in [2.75, 3.05) is 5.32 Å². The van der Waals surface area contributed by atoms with E-state index in [1.807, 2.05) is 4.57 Å². The smallest absolute Gasteiger partial charge is 0.276 e. The number of nitrogens with one attached hydrogen (secondary N) is 1. The lowest BCUT2D eigenvalue weighted by molar-refractivity contribution is 0.102. The number of nitrogens with zero attached hydrogens (tertiary/aromatic N) is 2. The topological polar surface area (TPSA) is 46.9 Å². The molecule has 2 aromatic carbocycles. The molecule has 0 unspecified atom stereocenters. The number of anilines is 1. The van der Waals surface area contributed by atoms with Gasteiger partial charge in [-0.2, -0.15) is 0 Å². The lowest BCUT2D eigenvalue weighted by Crippen LogP contribution is -2.15. The van der Waals surface area contributed by atoms with E-state index in [1.54, 1.807) is 31.2 Å². The fraction of sp³-hybridized carbons (Fsp3) is 0.273. The van der Waals surface area contributed by atoms with E-state index in [0.29, 0.717) is 28.3 Å². The SMILES string of the molecule is Cc1ccc(NC(=O)c2nc(-c3cccc(F)c3)n3c2CCCCC3)cc1F. The van der Waals surface area contributed by atoms with Gasteiger partial charge in [0.1, 0.15) is 23.2 Å². The van der Waals surface area contributed by atoms with E-state index in [1.165, 1.54) is 18.2 Å². The molecular formula is C22H21F2N3O. The van der Waals surface area contributed by atoms with Crippen LogP contribution < -0.4 is 5.32 Å². The maximum Gasteiger partial charge on any atom is 0.276 e. The third-order valence-electron chi connectivity index (χ3n) is 5.10. The predicted octanol–water partition coefficient (Wildman–Crippen LogP) is 5.12. The number of amides is 1. The highest BCUT2D eigenvalue weighted by Gasteiger charge is 2.24. The number of hydrogen-bond donors (Lipinski definition) is 1. The van der Waals surface area contributed by atoms with Crippen LogP contribution in [0.15, 0.2) is 42.5 Å². The van der Waals surface area contributed by atoms with Gasteiger partial charge in [0.05, 0.1) is 5.69 Å². The molecule has 1 aliphatic rings. The Kier molecular flexibility index (Phi) is 4.94. The van der Waals surface area contributed by atoms with Gasteiger partial charge in [-0.25, -0.2) is 13.8 Å². The van der Waals surface area contributed by atoms with Crippen molar-refractivity contribution in [2.24, 2.45) is 0 Å². The summed E-state index contributed by atoms with van der Waals surface area (Å²) in [6.45, 7) is 2.40. The molecule has 0 saturated carbocycles. The normalized spacial score (nSPS) is 13.7. The van der Waals surface area contributed by atoms with Crippen LogP contribution in [-0.4, -0.2) is 15.5 Å². The van der Waals surface area contributed by atoms with Crippen LogP contribution in [0.1, 0.15) is 41.0 Å². The van der Waals surface area contributed by atoms with Crippen molar-refractivity contribution in [3.8, 4) is 11.4 Å². The van der Waals surface area contributed by atoms with Crippen LogP contribution >= 0.6 is 0 Å². The van der Waals surface area contributed by atoms with Gasteiger partial charge in [0.25, 0.3) is 5.91 Å². The standard InChI is InChI=1S/C22H21F2N3O/c1-14-9-10-17(13-18(14)24)25-22(28)20-19-8-3-2-4-11-27(19)21(26-20)15-6-5-7-16(23)12-15/h5-7,9-10,12-13H,2-4,8,11H2,1H3,(H,25,28). The molecule has 1 amide bonds. The number of carbonyl (C=O) groups excluding carboxylic acids is 1. The summed E-state index contributed by atoms with van der Waals surface area (Å²) < 4.78 is 29.6. The molecule has 1 aromatic heterocycles. The summed E-state index contributed by atoms with van der Waals surface area (Å²) in [5.41, 5.74) is 2.71. The van der Waals surface area contributed by atoms with Crippen molar-refractivity contribution in [3.63, 3.8) is 0 Å². The highest BCUT2D eigenvalue weighted by atomic mass is 19.1. The first-order chi connectivity index (χ1) is 13.5. The van der Waals surface area contributed by atoms with Gasteiger partial charge in [-0.1, -0.05) is 24.6 Å². The van der Waals surface area contributed by atoms with Gasteiger partial charge in [0.15, 0.2) is 0 Å². The number of benzene rings is 2. The maximum atomic E-state index is 13.8. The Morgan fingerprint density at radius 3 is 2.75 bits per heavy atom. The van der Waals surface area contributed by atoms with E-state index in [0.717, 1.165) is 37.9 Å². The molecule has 0 aliphatic carbocycles.